The molecule has 1 aliphatic heterocycles. The van der Waals surface area contributed by atoms with Gasteiger partial charge in [-0.25, -0.2) is 0 Å². The lowest BCUT2D eigenvalue weighted by atomic mass is 9.79. The predicted octanol–water partition coefficient (Wildman–Crippen LogP) is 12.3. The maximum atomic E-state index is 4.67. The molecule has 3 aromatic heterocycles. The molecule has 56 heavy (non-hydrogen) atoms. The zero-order chi connectivity index (χ0) is 37.3. The normalized spacial score (nSPS) is 15.2. The molecule has 5 aromatic carbocycles. The molecule has 1 unspecified atom stereocenters. The summed E-state index contributed by atoms with van der Waals surface area (Å²) >= 11 is 0. The van der Waals surface area contributed by atoms with E-state index in [1.54, 1.807) is 0 Å². The fourth-order valence-electron chi connectivity index (χ4n) is 8.28. The van der Waals surface area contributed by atoms with E-state index >= 15 is 0 Å². The molecule has 0 fully saturated rings. The molecule has 0 radical (unpaired) electrons. The minimum atomic E-state index is 0.159. The summed E-state index contributed by atoms with van der Waals surface area (Å²) in [7, 11) is 0. The number of aromatic nitrogens is 3. The minimum Gasteiger partial charge on any atom is -0.387 e. The Morgan fingerprint density at radius 2 is 1.11 bits per heavy atom. The lowest BCUT2D eigenvalue weighted by Gasteiger charge is -2.25. The number of fused-ring (bicyclic) bond motifs is 3. The first-order chi connectivity index (χ1) is 27.7. The van der Waals surface area contributed by atoms with Crippen LogP contribution in [0.5, 0.6) is 0 Å². The molecule has 1 atom stereocenters. The first-order valence-corrected chi connectivity index (χ1v) is 19.2. The van der Waals surface area contributed by atoms with E-state index in [1.807, 2.05) is 55.5 Å². The zero-order valence-electron chi connectivity index (χ0n) is 30.8. The Labute approximate surface area is 327 Å². The molecule has 8 aromatic rings. The molecule has 1 N–H and O–H groups in total. The van der Waals surface area contributed by atoms with E-state index in [0.29, 0.717) is 0 Å². The maximum Gasteiger partial charge on any atom is 0.0346 e. The van der Waals surface area contributed by atoms with Crippen LogP contribution >= 0.6 is 0 Å². The van der Waals surface area contributed by atoms with Gasteiger partial charge in [0, 0.05) is 71.9 Å². The Hall–Kier alpha value is -7.17. The van der Waals surface area contributed by atoms with E-state index < -0.39 is 0 Å². The van der Waals surface area contributed by atoms with Gasteiger partial charge in [0.05, 0.1) is 0 Å². The lowest BCUT2D eigenvalue weighted by Crippen LogP contribution is -2.08. The van der Waals surface area contributed by atoms with Crippen molar-refractivity contribution in [1.29, 1.82) is 0 Å². The fraction of sp³-hybridized carbons (Fsp3) is 0.0577. The van der Waals surface area contributed by atoms with Crippen molar-refractivity contribution >= 4 is 38.3 Å². The smallest absolute Gasteiger partial charge is 0.0346 e. The van der Waals surface area contributed by atoms with Gasteiger partial charge < -0.3 is 5.32 Å². The average Bonchev–Trinajstić information content (AvgIpc) is 3.29. The summed E-state index contributed by atoms with van der Waals surface area (Å²) in [5.74, 6) is 0.159. The molecule has 4 heterocycles. The third kappa shape index (κ3) is 6.52. The summed E-state index contributed by atoms with van der Waals surface area (Å²) in [5, 5.41) is 8.41. The molecule has 0 bridgehead atoms. The Bertz CT molecular complexity index is 2900. The van der Waals surface area contributed by atoms with Gasteiger partial charge in [-0.1, -0.05) is 103 Å². The number of dihydropyridines is 1. The Balaban J connectivity index is 1.09. The number of nitrogens with one attached hydrogen (secondary N) is 1. The second kappa shape index (κ2) is 14.6. The van der Waals surface area contributed by atoms with Gasteiger partial charge in [0.25, 0.3) is 0 Å². The summed E-state index contributed by atoms with van der Waals surface area (Å²) in [4.78, 5) is 13.5. The standard InChI is InChI=1S/C52H38N4/c1-2-12-49-41(7-1)30-52(51-14-4-3-13-50(49)51)44-26-42(37-8-5-10-39(23-37)47-28-45(31-55-33-47)35-15-19-53-20-16-35)25-43(27-44)38-9-6-11-40(24-38)48-29-46(32-56-34-48)36-17-21-54-22-18-36/h1-21,23-26,28-34,44,54H,22,27H2. The van der Waals surface area contributed by atoms with Crippen LogP contribution in [0.25, 0.3) is 71.6 Å². The van der Waals surface area contributed by atoms with Crippen molar-refractivity contribution < 1.29 is 0 Å². The van der Waals surface area contributed by atoms with Crippen molar-refractivity contribution in [2.75, 3.05) is 6.54 Å². The maximum absolute atomic E-state index is 4.67. The number of hydrogen-bond donors (Lipinski definition) is 1. The van der Waals surface area contributed by atoms with Gasteiger partial charge in [-0.2, -0.15) is 0 Å². The number of rotatable bonds is 7. The van der Waals surface area contributed by atoms with Gasteiger partial charge in [-0.15, -0.1) is 0 Å². The van der Waals surface area contributed by atoms with Crippen LogP contribution < -0.4 is 5.32 Å². The van der Waals surface area contributed by atoms with Crippen molar-refractivity contribution in [3.05, 3.63) is 217 Å². The first kappa shape index (κ1) is 33.4. The Morgan fingerprint density at radius 1 is 0.482 bits per heavy atom. The summed E-state index contributed by atoms with van der Waals surface area (Å²) in [6.07, 6.45) is 23.6. The second-order valence-corrected chi connectivity index (χ2v) is 14.6. The third-order valence-electron chi connectivity index (χ3n) is 11.1. The molecule has 4 nitrogen and oxygen atoms in total. The van der Waals surface area contributed by atoms with Gasteiger partial charge in [0.2, 0.25) is 0 Å². The van der Waals surface area contributed by atoms with Gasteiger partial charge in [0.1, 0.15) is 0 Å². The highest BCUT2D eigenvalue weighted by atomic mass is 14.8. The summed E-state index contributed by atoms with van der Waals surface area (Å²) in [6, 6.07) is 46.5. The highest BCUT2D eigenvalue weighted by molar-refractivity contribution is 6.09. The van der Waals surface area contributed by atoms with E-state index in [0.717, 1.165) is 51.9 Å². The predicted molar refractivity (Wildman–Crippen MR) is 232 cm³/mol. The van der Waals surface area contributed by atoms with Crippen LogP contribution in [0.2, 0.25) is 0 Å². The van der Waals surface area contributed by atoms with E-state index in [4.69, 9.17) is 0 Å². The van der Waals surface area contributed by atoms with E-state index in [9.17, 15) is 0 Å². The largest absolute Gasteiger partial charge is 0.387 e. The number of hydrogen-bond acceptors (Lipinski definition) is 4. The quantitative estimate of drug-likeness (QED) is 0.167. The average molecular weight is 719 g/mol. The third-order valence-corrected chi connectivity index (χ3v) is 11.1. The number of allylic oxidation sites excluding steroid dienone is 6. The topological polar surface area (TPSA) is 50.7 Å². The van der Waals surface area contributed by atoms with Gasteiger partial charge in [-0.05, 0) is 133 Å². The van der Waals surface area contributed by atoms with E-state index in [-0.39, 0.29) is 5.92 Å². The summed E-state index contributed by atoms with van der Waals surface area (Å²) in [5.41, 5.74) is 15.2. The minimum absolute atomic E-state index is 0.159. The van der Waals surface area contributed by atoms with Crippen molar-refractivity contribution in [1.82, 2.24) is 20.3 Å². The van der Waals surface area contributed by atoms with Crippen LogP contribution in [-0.2, 0) is 0 Å². The lowest BCUT2D eigenvalue weighted by molar-refractivity contribution is 0.881. The van der Waals surface area contributed by atoms with Crippen molar-refractivity contribution in [3.63, 3.8) is 0 Å². The van der Waals surface area contributed by atoms with Crippen molar-refractivity contribution in [2.24, 2.45) is 0 Å². The summed E-state index contributed by atoms with van der Waals surface area (Å²) in [6.45, 7) is 0.820. The fourth-order valence-corrected chi connectivity index (χ4v) is 8.28. The zero-order valence-corrected chi connectivity index (χ0v) is 30.8. The molecule has 0 saturated heterocycles. The molecule has 266 valence electrons. The molecule has 0 spiro atoms. The SMILES string of the molecule is C1=CC(c2cncc(-c3cccc(C4=CC(c5cccc(-c6cncc(-c7ccncc7)c6)c5)=CC(c5cc6ccccc6c6ccccc56)C4)c3)c2)=CCN1. The molecule has 10 rings (SSSR count). The highest BCUT2D eigenvalue weighted by Gasteiger charge is 2.23. The number of benzene rings is 5. The molecule has 0 amide bonds. The molecular formula is C52H38N4. The molecule has 0 saturated carbocycles. The Morgan fingerprint density at radius 3 is 1.88 bits per heavy atom. The number of pyridine rings is 3. The van der Waals surface area contributed by atoms with Crippen LogP contribution in [0.15, 0.2) is 195 Å². The van der Waals surface area contributed by atoms with Crippen LogP contribution in [-0.4, -0.2) is 21.5 Å². The van der Waals surface area contributed by atoms with Crippen LogP contribution in [0, 0.1) is 0 Å². The van der Waals surface area contributed by atoms with Crippen LogP contribution in [0.1, 0.15) is 34.6 Å². The van der Waals surface area contributed by atoms with Gasteiger partial charge in [0.15, 0.2) is 0 Å². The molecule has 2 aliphatic rings. The van der Waals surface area contributed by atoms with E-state index in [1.165, 1.54) is 55.0 Å². The van der Waals surface area contributed by atoms with Crippen LogP contribution in [0.3, 0.4) is 0 Å². The molecule has 4 heteroatoms. The Kier molecular flexibility index (Phi) is 8.69. The van der Waals surface area contributed by atoms with Gasteiger partial charge >= 0.3 is 0 Å². The van der Waals surface area contributed by atoms with Gasteiger partial charge in [-0.3, -0.25) is 15.0 Å². The van der Waals surface area contributed by atoms with E-state index in [2.05, 4.69) is 160 Å². The summed E-state index contributed by atoms with van der Waals surface area (Å²) < 4.78 is 0. The molecule has 1 aliphatic carbocycles. The first-order valence-electron chi connectivity index (χ1n) is 19.2. The van der Waals surface area contributed by atoms with Crippen LogP contribution in [0.4, 0.5) is 0 Å². The van der Waals surface area contributed by atoms with Crippen molar-refractivity contribution in [3.8, 4) is 33.4 Å². The monoisotopic (exact) mass is 718 g/mol. The second-order valence-electron chi connectivity index (χ2n) is 14.6. The number of nitrogens with zero attached hydrogens (tertiary/aromatic N) is 3. The van der Waals surface area contributed by atoms with Crippen molar-refractivity contribution in [2.45, 2.75) is 12.3 Å². The molecular weight excluding hydrogens is 681 g/mol. The highest BCUT2D eigenvalue weighted by Crippen LogP contribution is 2.44.